The smallest absolute Gasteiger partial charge is 0.0700 e. The van der Waals surface area contributed by atoms with Crippen molar-refractivity contribution in [3.05, 3.63) is 0 Å². The van der Waals surface area contributed by atoms with Gasteiger partial charge in [-0.3, -0.25) is 0 Å². The average Bonchev–Trinajstić information content (AvgIpc) is 2.64. The third-order valence-corrected chi connectivity index (χ3v) is 2.39. The molecule has 0 amide bonds. The van der Waals surface area contributed by atoms with Crippen molar-refractivity contribution in [1.82, 2.24) is 5.32 Å². The fraction of sp³-hybridized carbons (Fsp3) is 0.818. The lowest BCUT2D eigenvalue weighted by molar-refractivity contribution is 0.108. The van der Waals surface area contributed by atoms with E-state index in [4.69, 9.17) is 11.2 Å². The van der Waals surface area contributed by atoms with Crippen LogP contribution in [-0.2, 0) is 4.74 Å². The van der Waals surface area contributed by atoms with Crippen molar-refractivity contribution < 1.29 is 4.74 Å². The van der Waals surface area contributed by atoms with E-state index in [2.05, 4.69) is 18.2 Å². The molecular weight excluding hydrogens is 162 g/mol. The van der Waals surface area contributed by atoms with Gasteiger partial charge in [-0.2, -0.15) is 0 Å². The summed E-state index contributed by atoms with van der Waals surface area (Å²) in [6, 6.07) is 0.231. The Labute approximate surface area is 81.0 Å². The molecule has 2 nitrogen and oxygen atoms in total. The Morgan fingerprint density at radius 3 is 3.08 bits per heavy atom. The second-order valence-electron chi connectivity index (χ2n) is 3.55. The Bertz CT molecular complexity index is 167. The van der Waals surface area contributed by atoms with Crippen molar-refractivity contribution >= 4 is 0 Å². The van der Waals surface area contributed by atoms with Gasteiger partial charge in [0.05, 0.1) is 12.1 Å². The van der Waals surface area contributed by atoms with Crippen LogP contribution < -0.4 is 5.32 Å². The molecule has 0 radical (unpaired) electrons. The fourth-order valence-corrected chi connectivity index (χ4v) is 1.61. The number of ether oxygens (including phenoxy) is 1. The lowest BCUT2D eigenvalue weighted by atomic mass is 10.1. The minimum atomic E-state index is 0.231. The zero-order chi connectivity index (χ0) is 9.52. The number of hydrogen-bond donors (Lipinski definition) is 1. The normalized spacial score (nSPS) is 24.2. The van der Waals surface area contributed by atoms with E-state index in [0.29, 0.717) is 6.10 Å². The van der Waals surface area contributed by atoms with Gasteiger partial charge in [0.15, 0.2) is 0 Å². The molecule has 0 saturated carbocycles. The fourth-order valence-electron chi connectivity index (χ4n) is 1.61. The molecule has 0 aliphatic carbocycles. The molecule has 0 bridgehead atoms. The van der Waals surface area contributed by atoms with Gasteiger partial charge < -0.3 is 10.1 Å². The van der Waals surface area contributed by atoms with Crippen LogP contribution in [0.15, 0.2) is 0 Å². The number of rotatable bonds is 5. The highest BCUT2D eigenvalue weighted by Crippen LogP contribution is 2.11. The molecule has 2 unspecified atom stereocenters. The predicted molar refractivity (Wildman–Crippen MR) is 54.5 cm³/mol. The molecule has 0 spiro atoms. The van der Waals surface area contributed by atoms with E-state index < -0.39 is 0 Å². The lowest BCUT2D eigenvalue weighted by Crippen LogP contribution is -2.34. The van der Waals surface area contributed by atoms with E-state index in [1.807, 2.05) is 0 Å². The van der Waals surface area contributed by atoms with Gasteiger partial charge in [-0.15, -0.1) is 6.42 Å². The first kappa shape index (κ1) is 10.6. The molecule has 1 saturated heterocycles. The molecule has 0 aromatic rings. The van der Waals surface area contributed by atoms with Crippen LogP contribution in [0.1, 0.15) is 32.6 Å². The topological polar surface area (TPSA) is 21.3 Å². The number of hydrogen-bond acceptors (Lipinski definition) is 2. The summed E-state index contributed by atoms with van der Waals surface area (Å²) < 4.78 is 5.49. The molecule has 1 fully saturated rings. The number of terminal acetylenes is 1. The standard InChI is InChI=1S/C11H19NO/c1-3-6-10(4-2)12-9-11-7-5-8-13-11/h2,10-12H,3,5-9H2,1H3. The van der Waals surface area contributed by atoms with Crippen LogP contribution in [0.25, 0.3) is 0 Å². The molecule has 2 heteroatoms. The molecule has 13 heavy (non-hydrogen) atoms. The first-order valence-corrected chi connectivity index (χ1v) is 5.18. The zero-order valence-electron chi connectivity index (χ0n) is 8.38. The van der Waals surface area contributed by atoms with E-state index in [1.54, 1.807) is 0 Å². The van der Waals surface area contributed by atoms with E-state index >= 15 is 0 Å². The summed E-state index contributed by atoms with van der Waals surface area (Å²) in [5.41, 5.74) is 0. The number of nitrogens with one attached hydrogen (secondary N) is 1. The lowest BCUT2D eigenvalue weighted by Gasteiger charge is -2.15. The van der Waals surface area contributed by atoms with Gasteiger partial charge in [-0.1, -0.05) is 19.3 Å². The molecular formula is C11H19NO. The van der Waals surface area contributed by atoms with Crippen molar-refractivity contribution in [2.45, 2.75) is 44.8 Å². The maximum atomic E-state index is 5.49. The summed E-state index contributed by atoms with van der Waals surface area (Å²) in [6.07, 6.45) is 10.3. The minimum Gasteiger partial charge on any atom is -0.377 e. The van der Waals surface area contributed by atoms with Crippen LogP contribution >= 0.6 is 0 Å². The Kier molecular flexibility index (Phi) is 4.88. The predicted octanol–water partition coefficient (Wildman–Crippen LogP) is 1.56. The molecule has 1 aliphatic rings. The second-order valence-corrected chi connectivity index (χ2v) is 3.55. The Balaban J connectivity index is 2.12. The van der Waals surface area contributed by atoms with Crippen LogP contribution in [0.4, 0.5) is 0 Å². The summed E-state index contributed by atoms with van der Waals surface area (Å²) >= 11 is 0. The second kappa shape index (κ2) is 6.01. The summed E-state index contributed by atoms with van der Waals surface area (Å²) in [7, 11) is 0. The minimum absolute atomic E-state index is 0.231. The average molecular weight is 181 g/mol. The van der Waals surface area contributed by atoms with Gasteiger partial charge in [0.25, 0.3) is 0 Å². The first-order chi connectivity index (χ1) is 6.36. The summed E-state index contributed by atoms with van der Waals surface area (Å²) in [6.45, 7) is 3.98. The zero-order valence-corrected chi connectivity index (χ0v) is 8.38. The molecule has 1 rings (SSSR count). The van der Waals surface area contributed by atoms with Crippen LogP contribution in [-0.4, -0.2) is 25.3 Å². The highest BCUT2D eigenvalue weighted by molar-refractivity contribution is 4.98. The van der Waals surface area contributed by atoms with E-state index in [9.17, 15) is 0 Å². The molecule has 0 aromatic heterocycles. The van der Waals surface area contributed by atoms with Crippen LogP contribution in [0.3, 0.4) is 0 Å². The molecule has 1 aliphatic heterocycles. The van der Waals surface area contributed by atoms with Gasteiger partial charge in [-0.25, -0.2) is 0 Å². The SMILES string of the molecule is C#CC(CCC)NCC1CCCO1. The highest BCUT2D eigenvalue weighted by atomic mass is 16.5. The Hall–Kier alpha value is -0.520. The maximum absolute atomic E-state index is 5.49. The van der Waals surface area contributed by atoms with Gasteiger partial charge in [0.2, 0.25) is 0 Å². The van der Waals surface area contributed by atoms with Crippen molar-refractivity contribution in [3.63, 3.8) is 0 Å². The van der Waals surface area contributed by atoms with Crippen LogP contribution in [0, 0.1) is 12.3 Å². The summed E-state index contributed by atoms with van der Waals surface area (Å²) in [5, 5.41) is 3.35. The van der Waals surface area contributed by atoms with Crippen molar-refractivity contribution in [3.8, 4) is 12.3 Å². The largest absolute Gasteiger partial charge is 0.377 e. The molecule has 0 aromatic carbocycles. The Morgan fingerprint density at radius 2 is 2.54 bits per heavy atom. The van der Waals surface area contributed by atoms with E-state index in [0.717, 1.165) is 26.0 Å². The van der Waals surface area contributed by atoms with Crippen LogP contribution in [0.5, 0.6) is 0 Å². The molecule has 1 heterocycles. The summed E-state index contributed by atoms with van der Waals surface area (Å²) in [5.74, 6) is 2.76. The van der Waals surface area contributed by atoms with Gasteiger partial charge in [0.1, 0.15) is 0 Å². The molecule has 74 valence electrons. The van der Waals surface area contributed by atoms with E-state index in [1.165, 1.54) is 12.8 Å². The molecule has 1 N–H and O–H groups in total. The van der Waals surface area contributed by atoms with Gasteiger partial charge in [-0.05, 0) is 19.3 Å². The van der Waals surface area contributed by atoms with Crippen molar-refractivity contribution in [2.24, 2.45) is 0 Å². The van der Waals surface area contributed by atoms with Gasteiger partial charge >= 0.3 is 0 Å². The highest BCUT2D eigenvalue weighted by Gasteiger charge is 2.15. The monoisotopic (exact) mass is 181 g/mol. The van der Waals surface area contributed by atoms with E-state index in [-0.39, 0.29) is 6.04 Å². The maximum Gasteiger partial charge on any atom is 0.0700 e. The van der Waals surface area contributed by atoms with Crippen molar-refractivity contribution in [2.75, 3.05) is 13.2 Å². The molecule has 2 atom stereocenters. The van der Waals surface area contributed by atoms with Crippen LogP contribution in [0.2, 0.25) is 0 Å². The quantitative estimate of drug-likeness (QED) is 0.650. The summed E-state index contributed by atoms with van der Waals surface area (Å²) in [4.78, 5) is 0. The first-order valence-electron chi connectivity index (χ1n) is 5.18. The van der Waals surface area contributed by atoms with Gasteiger partial charge in [0, 0.05) is 13.2 Å². The third-order valence-electron chi connectivity index (χ3n) is 2.39. The Morgan fingerprint density at radius 1 is 1.69 bits per heavy atom. The van der Waals surface area contributed by atoms with Crippen molar-refractivity contribution in [1.29, 1.82) is 0 Å². The third kappa shape index (κ3) is 3.80.